The summed E-state index contributed by atoms with van der Waals surface area (Å²) in [6.07, 6.45) is 4.49. The highest BCUT2D eigenvalue weighted by Crippen LogP contribution is 2.22. The molecule has 154 valence electrons. The Hall–Kier alpha value is -2.22. The number of nitrogens with zero attached hydrogens (tertiary/aromatic N) is 3. The molecule has 0 saturated carbocycles. The SMILES string of the molecule is O=C(CN1CCN(C(=O)c2ccccc2OC(F)F)CC1)N1CCCCCC1. The van der Waals surface area contributed by atoms with Crippen LogP contribution in [0.25, 0.3) is 0 Å². The molecule has 0 aliphatic carbocycles. The van der Waals surface area contributed by atoms with Gasteiger partial charge in [0.25, 0.3) is 5.91 Å². The van der Waals surface area contributed by atoms with Crippen molar-refractivity contribution in [2.75, 3.05) is 45.8 Å². The Bertz CT molecular complexity index is 670. The normalized spacial score (nSPS) is 18.8. The van der Waals surface area contributed by atoms with Crippen LogP contribution in [0, 0.1) is 0 Å². The average molecular weight is 395 g/mol. The van der Waals surface area contributed by atoms with Gasteiger partial charge in [-0.25, -0.2) is 0 Å². The number of ether oxygens (including phenoxy) is 1. The minimum atomic E-state index is -2.98. The maximum Gasteiger partial charge on any atom is 0.387 e. The van der Waals surface area contributed by atoms with E-state index in [1.807, 2.05) is 4.90 Å². The number of halogens is 2. The van der Waals surface area contributed by atoms with Crippen LogP contribution >= 0.6 is 0 Å². The van der Waals surface area contributed by atoms with Crippen molar-refractivity contribution in [3.05, 3.63) is 29.8 Å². The Morgan fingerprint density at radius 3 is 2.18 bits per heavy atom. The summed E-state index contributed by atoms with van der Waals surface area (Å²) < 4.78 is 29.6. The largest absolute Gasteiger partial charge is 0.434 e. The molecule has 2 aliphatic heterocycles. The van der Waals surface area contributed by atoms with E-state index in [-0.39, 0.29) is 23.1 Å². The van der Waals surface area contributed by atoms with E-state index in [4.69, 9.17) is 0 Å². The minimum Gasteiger partial charge on any atom is -0.434 e. The highest BCUT2D eigenvalue weighted by atomic mass is 19.3. The highest BCUT2D eigenvalue weighted by molar-refractivity contribution is 5.97. The Labute approximate surface area is 164 Å². The molecule has 0 bridgehead atoms. The van der Waals surface area contributed by atoms with Gasteiger partial charge in [0.05, 0.1) is 12.1 Å². The first-order chi connectivity index (χ1) is 13.5. The topological polar surface area (TPSA) is 53.1 Å². The fourth-order valence-corrected chi connectivity index (χ4v) is 3.73. The van der Waals surface area contributed by atoms with Gasteiger partial charge in [-0.3, -0.25) is 14.5 Å². The van der Waals surface area contributed by atoms with E-state index in [0.717, 1.165) is 25.9 Å². The van der Waals surface area contributed by atoms with Crippen LogP contribution in [0.3, 0.4) is 0 Å². The quantitative estimate of drug-likeness (QED) is 0.769. The molecule has 0 spiro atoms. The summed E-state index contributed by atoms with van der Waals surface area (Å²) in [5, 5.41) is 0. The number of carbonyl (C=O) groups is 2. The summed E-state index contributed by atoms with van der Waals surface area (Å²) in [5.74, 6) is -0.284. The monoisotopic (exact) mass is 395 g/mol. The summed E-state index contributed by atoms with van der Waals surface area (Å²) in [7, 11) is 0. The van der Waals surface area contributed by atoms with Crippen molar-refractivity contribution in [1.29, 1.82) is 0 Å². The molecule has 2 saturated heterocycles. The van der Waals surface area contributed by atoms with Crippen LogP contribution in [0.4, 0.5) is 8.78 Å². The maximum atomic E-state index is 12.7. The van der Waals surface area contributed by atoms with Crippen molar-refractivity contribution in [1.82, 2.24) is 14.7 Å². The van der Waals surface area contributed by atoms with Gasteiger partial charge < -0.3 is 14.5 Å². The molecule has 2 heterocycles. The Balaban J connectivity index is 1.52. The minimum absolute atomic E-state index is 0.110. The molecule has 2 amide bonds. The predicted octanol–water partition coefficient (Wildman–Crippen LogP) is 2.45. The van der Waals surface area contributed by atoms with Crippen molar-refractivity contribution >= 4 is 11.8 Å². The van der Waals surface area contributed by atoms with Crippen LogP contribution in [0.5, 0.6) is 5.75 Å². The van der Waals surface area contributed by atoms with Gasteiger partial charge >= 0.3 is 6.61 Å². The smallest absolute Gasteiger partial charge is 0.387 e. The number of hydrogen-bond donors (Lipinski definition) is 0. The van der Waals surface area contributed by atoms with Crippen LogP contribution in [0.1, 0.15) is 36.0 Å². The second-order valence-corrected chi connectivity index (χ2v) is 7.24. The second-order valence-electron chi connectivity index (χ2n) is 7.24. The van der Waals surface area contributed by atoms with Gasteiger partial charge in [-0.1, -0.05) is 25.0 Å². The number of carbonyl (C=O) groups excluding carboxylic acids is 2. The standard InChI is InChI=1S/C20H27F2N3O3/c21-20(22)28-17-8-4-3-7-16(17)19(27)25-13-11-23(12-14-25)15-18(26)24-9-5-1-2-6-10-24/h3-4,7-8,20H,1-2,5-6,9-15H2. The third kappa shape index (κ3) is 5.41. The van der Waals surface area contributed by atoms with Gasteiger partial charge in [-0.2, -0.15) is 8.78 Å². The number of hydrogen-bond acceptors (Lipinski definition) is 4. The lowest BCUT2D eigenvalue weighted by Gasteiger charge is -2.35. The van der Waals surface area contributed by atoms with Crippen LogP contribution in [0.15, 0.2) is 24.3 Å². The number of piperazine rings is 1. The molecule has 28 heavy (non-hydrogen) atoms. The van der Waals surface area contributed by atoms with Crippen LogP contribution < -0.4 is 4.74 Å². The summed E-state index contributed by atoms with van der Waals surface area (Å²) >= 11 is 0. The first kappa shape index (κ1) is 20.5. The van der Waals surface area contributed by atoms with E-state index >= 15 is 0 Å². The maximum absolute atomic E-state index is 12.7. The molecule has 1 aromatic carbocycles. The summed E-state index contributed by atoms with van der Waals surface area (Å²) in [4.78, 5) is 30.9. The zero-order valence-corrected chi connectivity index (χ0v) is 16.0. The first-order valence-electron chi connectivity index (χ1n) is 9.88. The lowest BCUT2D eigenvalue weighted by Crippen LogP contribution is -2.51. The Morgan fingerprint density at radius 1 is 0.893 bits per heavy atom. The Morgan fingerprint density at radius 2 is 1.54 bits per heavy atom. The second kappa shape index (κ2) is 9.82. The fraction of sp³-hybridized carbons (Fsp3) is 0.600. The first-order valence-corrected chi connectivity index (χ1v) is 9.88. The van der Waals surface area contributed by atoms with E-state index in [1.165, 1.54) is 25.0 Å². The van der Waals surface area contributed by atoms with Crippen molar-refractivity contribution < 1.29 is 23.1 Å². The predicted molar refractivity (Wildman–Crippen MR) is 100 cm³/mol. The summed E-state index contributed by atoms with van der Waals surface area (Å²) in [6.45, 7) is 1.14. The molecule has 0 atom stereocenters. The number of alkyl halides is 2. The lowest BCUT2D eigenvalue weighted by molar-refractivity contribution is -0.132. The van der Waals surface area contributed by atoms with Crippen LogP contribution in [-0.4, -0.2) is 78.9 Å². The van der Waals surface area contributed by atoms with E-state index in [1.54, 1.807) is 17.0 Å². The number of rotatable bonds is 5. The lowest BCUT2D eigenvalue weighted by atomic mass is 10.1. The van der Waals surface area contributed by atoms with Gasteiger partial charge in [0.2, 0.25) is 5.91 Å². The molecule has 8 heteroatoms. The van der Waals surface area contributed by atoms with E-state index < -0.39 is 6.61 Å². The zero-order chi connectivity index (χ0) is 19.9. The average Bonchev–Trinajstić information content (AvgIpc) is 2.98. The highest BCUT2D eigenvalue weighted by Gasteiger charge is 2.27. The molecular formula is C20H27F2N3O3. The van der Waals surface area contributed by atoms with Gasteiger partial charge in [-0.05, 0) is 25.0 Å². The van der Waals surface area contributed by atoms with E-state index in [0.29, 0.717) is 32.7 Å². The van der Waals surface area contributed by atoms with Crippen molar-refractivity contribution in [2.45, 2.75) is 32.3 Å². The number of para-hydroxylation sites is 1. The molecule has 0 unspecified atom stereocenters. The van der Waals surface area contributed by atoms with Crippen molar-refractivity contribution in [3.8, 4) is 5.75 Å². The molecule has 1 aromatic rings. The fourth-order valence-electron chi connectivity index (χ4n) is 3.73. The zero-order valence-electron chi connectivity index (χ0n) is 16.0. The van der Waals surface area contributed by atoms with Crippen molar-refractivity contribution in [3.63, 3.8) is 0 Å². The molecule has 3 rings (SSSR count). The molecule has 2 fully saturated rings. The third-order valence-corrected chi connectivity index (χ3v) is 5.31. The molecule has 6 nitrogen and oxygen atoms in total. The Kier molecular flexibility index (Phi) is 7.19. The van der Waals surface area contributed by atoms with Gasteiger partial charge in [0.1, 0.15) is 5.75 Å². The van der Waals surface area contributed by atoms with Crippen LogP contribution in [-0.2, 0) is 4.79 Å². The molecular weight excluding hydrogens is 368 g/mol. The number of amides is 2. The van der Waals surface area contributed by atoms with Gasteiger partial charge in [0, 0.05) is 39.3 Å². The van der Waals surface area contributed by atoms with Gasteiger partial charge in [-0.15, -0.1) is 0 Å². The molecule has 0 radical (unpaired) electrons. The molecule has 2 aliphatic rings. The van der Waals surface area contributed by atoms with Gasteiger partial charge in [0.15, 0.2) is 0 Å². The number of likely N-dealkylation sites (tertiary alicyclic amines) is 1. The molecule has 0 N–H and O–H groups in total. The van der Waals surface area contributed by atoms with Crippen molar-refractivity contribution in [2.24, 2.45) is 0 Å². The van der Waals surface area contributed by atoms with E-state index in [9.17, 15) is 18.4 Å². The molecule has 0 aromatic heterocycles. The summed E-state index contributed by atoms with van der Waals surface area (Å²) in [6, 6.07) is 6.05. The third-order valence-electron chi connectivity index (χ3n) is 5.31. The van der Waals surface area contributed by atoms with Crippen LogP contribution in [0.2, 0.25) is 0 Å². The number of benzene rings is 1. The summed E-state index contributed by atoms with van der Waals surface area (Å²) in [5.41, 5.74) is 0.136. The van der Waals surface area contributed by atoms with E-state index in [2.05, 4.69) is 9.64 Å².